The second-order valence-electron chi connectivity index (χ2n) is 10.2. The smallest absolute Gasteiger partial charge is 0.338 e. The molecule has 3 rings (SSSR count). The van der Waals surface area contributed by atoms with Crippen LogP contribution in [0.25, 0.3) is 0 Å². The Kier molecular flexibility index (Phi) is 8.56. The number of rotatable bonds is 8. The molecule has 3 N–H and O–H groups in total. The topological polar surface area (TPSA) is 122 Å². The van der Waals surface area contributed by atoms with E-state index in [0.29, 0.717) is 16.7 Å². The van der Waals surface area contributed by atoms with Crippen LogP contribution in [0.3, 0.4) is 0 Å². The molecule has 1 aliphatic carbocycles. The minimum Gasteiger partial charge on any atom is -0.456 e. The van der Waals surface area contributed by atoms with Gasteiger partial charge in [0, 0.05) is 17.4 Å². The van der Waals surface area contributed by atoms with Gasteiger partial charge in [-0.2, -0.15) is 0 Å². The van der Waals surface area contributed by atoms with E-state index in [-0.39, 0.29) is 6.42 Å². The van der Waals surface area contributed by atoms with Crippen molar-refractivity contribution in [3.63, 3.8) is 0 Å². The normalized spacial score (nSPS) is 23.1. The van der Waals surface area contributed by atoms with Crippen LogP contribution in [0.5, 0.6) is 0 Å². The van der Waals surface area contributed by atoms with E-state index >= 15 is 0 Å². The van der Waals surface area contributed by atoms with Crippen LogP contribution < -0.4 is 5.32 Å². The predicted octanol–water partition coefficient (Wildman–Crippen LogP) is 3.43. The predicted molar refractivity (Wildman–Crippen MR) is 138 cm³/mol. The maximum Gasteiger partial charge on any atom is 0.338 e. The largest absolute Gasteiger partial charge is 0.456 e. The summed E-state index contributed by atoms with van der Waals surface area (Å²) in [4.78, 5) is 37.8. The number of carbonyl (C=O) groups excluding carboxylic acids is 3. The Labute approximate surface area is 217 Å². The van der Waals surface area contributed by atoms with Gasteiger partial charge in [0.25, 0.3) is 5.91 Å². The summed E-state index contributed by atoms with van der Waals surface area (Å²) < 4.78 is 11.2. The third kappa shape index (κ3) is 6.26. The number of esters is 2. The first kappa shape index (κ1) is 28.1. The molecule has 0 radical (unpaired) electrons. The van der Waals surface area contributed by atoms with Crippen molar-refractivity contribution >= 4 is 17.8 Å². The van der Waals surface area contributed by atoms with Crippen LogP contribution in [0.2, 0.25) is 0 Å². The van der Waals surface area contributed by atoms with Crippen molar-refractivity contribution in [3.8, 4) is 0 Å². The van der Waals surface area contributed by atoms with Crippen molar-refractivity contribution in [2.24, 2.45) is 5.41 Å². The summed E-state index contributed by atoms with van der Waals surface area (Å²) in [7, 11) is 0. The van der Waals surface area contributed by atoms with Crippen LogP contribution >= 0.6 is 0 Å². The van der Waals surface area contributed by atoms with Crippen LogP contribution in [0.4, 0.5) is 0 Å². The average molecular weight is 510 g/mol. The molecule has 1 amide bonds. The lowest BCUT2D eigenvalue weighted by Gasteiger charge is -2.49. The fourth-order valence-corrected chi connectivity index (χ4v) is 4.59. The van der Waals surface area contributed by atoms with E-state index in [2.05, 4.69) is 5.32 Å². The minimum atomic E-state index is -1.63. The first-order valence-electron chi connectivity index (χ1n) is 12.3. The first-order chi connectivity index (χ1) is 17.4. The Hall–Kier alpha value is -3.49. The summed E-state index contributed by atoms with van der Waals surface area (Å²) in [5.74, 6) is -1.94. The van der Waals surface area contributed by atoms with Crippen molar-refractivity contribution in [2.75, 3.05) is 0 Å². The zero-order chi connectivity index (χ0) is 27.4. The van der Waals surface area contributed by atoms with Gasteiger partial charge in [0.1, 0.15) is 17.8 Å². The summed E-state index contributed by atoms with van der Waals surface area (Å²) in [6.07, 6.45) is -1.69. The second kappa shape index (κ2) is 11.3. The summed E-state index contributed by atoms with van der Waals surface area (Å²) in [5, 5.41) is 24.9. The Morgan fingerprint density at radius 1 is 0.973 bits per heavy atom. The van der Waals surface area contributed by atoms with Gasteiger partial charge in [0.15, 0.2) is 6.10 Å². The average Bonchev–Trinajstić information content (AvgIpc) is 2.87. The molecule has 37 heavy (non-hydrogen) atoms. The SMILES string of the molecule is CC1=CC(C)(C)[C@](O)([C@H](C)OC(=O)c2ccccc2)C[C@@H]1OC(=O)[C@H](O)[C@H](C)NC(=O)c1ccccc1. The van der Waals surface area contributed by atoms with Crippen molar-refractivity contribution in [1.29, 1.82) is 0 Å². The molecule has 0 unspecified atom stereocenters. The maximum absolute atomic E-state index is 12.8. The van der Waals surface area contributed by atoms with Gasteiger partial charge < -0.3 is 25.0 Å². The van der Waals surface area contributed by atoms with Crippen LogP contribution in [-0.2, 0) is 14.3 Å². The third-order valence-electron chi connectivity index (χ3n) is 7.04. The lowest BCUT2D eigenvalue weighted by atomic mass is 9.64. The number of aliphatic hydroxyl groups is 2. The maximum atomic E-state index is 12.8. The van der Waals surface area contributed by atoms with Crippen LogP contribution in [0.15, 0.2) is 72.3 Å². The zero-order valence-electron chi connectivity index (χ0n) is 21.8. The summed E-state index contributed by atoms with van der Waals surface area (Å²) in [6, 6.07) is 16.0. The Morgan fingerprint density at radius 3 is 2.08 bits per heavy atom. The highest BCUT2D eigenvalue weighted by Crippen LogP contribution is 2.46. The van der Waals surface area contributed by atoms with E-state index in [0.717, 1.165) is 0 Å². The van der Waals surface area contributed by atoms with Crippen LogP contribution in [0, 0.1) is 5.41 Å². The van der Waals surface area contributed by atoms with Gasteiger partial charge in [-0.05, 0) is 50.6 Å². The van der Waals surface area contributed by atoms with Gasteiger partial charge in [-0.25, -0.2) is 9.59 Å². The molecule has 1 aliphatic rings. The van der Waals surface area contributed by atoms with E-state index in [1.165, 1.54) is 6.92 Å². The lowest BCUT2D eigenvalue weighted by molar-refractivity contribution is -0.176. The number of hydrogen-bond donors (Lipinski definition) is 3. The highest BCUT2D eigenvalue weighted by molar-refractivity contribution is 5.94. The van der Waals surface area contributed by atoms with Crippen molar-refractivity contribution in [2.45, 2.75) is 71.0 Å². The number of aliphatic hydroxyl groups excluding tert-OH is 1. The van der Waals surface area contributed by atoms with Gasteiger partial charge in [0.2, 0.25) is 0 Å². The van der Waals surface area contributed by atoms with E-state index in [4.69, 9.17) is 9.47 Å². The molecule has 0 saturated carbocycles. The molecular formula is C29H35NO7. The first-order valence-corrected chi connectivity index (χ1v) is 12.3. The minimum absolute atomic E-state index is 0.0468. The molecule has 8 nitrogen and oxygen atoms in total. The number of hydrogen-bond acceptors (Lipinski definition) is 7. The molecular weight excluding hydrogens is 474 g/mol. The fourth-order valence-electron chi connectivity index (χ4n) is 4.59. The molecule has 0 heterocycles. The molecule has 0 saturated heterocycles. The summed E-state index contributed by atoms with van der Waals surface area (Å²) in [6.45, 7) is 8.51. The standard InChI is InChI=1S/C29H35NO7/c1-18-16-28(4,5)29(35,20(3)36-26(33)22-14-10-7-11-15-22)17-23(18)37-27(34)24(31)19(2)30-25(32)21-12-8-6-9-13-21/h6-16,19-20,23-24,31,35H,17H2,1-5H3,(H,30,32)/t19-,20-,23-,24+,29+/m0/s1. The Bertz CT molecular complexity index is 1150. The molecule has 2 aromatic rings. The fraction of sp³-hybridized carbons (Fsp3) is 0.414. The van der Waals surface area contributed by atoms with Gasteiger partial charge in [0.05, 0.1) is 11.6 Å². The van der Waals surface area contributed by atoms with E-state index in [1.807, 2.05) is 13.8 Å². The molecule has 0 aliphatic heterocycles. The molecule has 0 spiro atoms. The van der Waals surface area contributed by atoms with E-state index in [1.54, 1.807) is 80.6 Å². The molecule has 0 aromatic heterocycles. The van der Waals surface area contributed by atoms with Gasteiger partial charge in [-0.1, -0.05) is 56.3 Å². The third-order valence-corrected chi connectivity index (χ3v) is 7.04. The lowest BCUT2D eigenvalue weighted by Crippen LogP contribution is -2.58. The second-order valence-corrected chi connectivity index (χ2v) is 10.2. The quantitative estimate of drug-likeness (QED) is 0.368. The highest BCUT2D eigenvalue weighted by atomic mass is 16.6. The number of nitrogens with one attached hydrogen (secondary N) is 1. The monoisotopic (exact) mass is 509 g/mol. The Morgan fingerprint density at radius 2 is 1.51 bits per heavy atom. The molecule has 0 fully saturated rings. The van der Waals surface area contributed by atoms with Gasteiger partial charge in [-0.15, -0.1) is 0 Å². The van der Waals surface area contributed by atoms with E-state index < -0.39 is 53.2 Å². The molecule has 198 valence electrons. The number of ether oxygens (including phenoxy) is 2. The van der Waals surface area contributed by atoms with Crippen LogP contribution in [0.1, 0.15) is 61.8 Å². The Balaban J connectivity index is 1.69. The molecule has 5 atom stereocenters. The number of carbonyl (C=O) groups is 3. The van der Waals surface area contributed by atoms with Gasteiger partial charge in [-0.3, -0.25) is 4.79 Å². The summed E-state index contributed by atoms with van der Waals surface area (Å²) in [5.41, 5.74) is -0.938. The molecule has 0 bridgehead atoms. The zero-order valence-corrected chi connectivity index (χ0v) is 21.8. The van der Waals surface area contributed by atoms with Crippen LogP contribution in [-0.4, -0.2) is 58.0 Å². The van der Waals surface area contributed by atoms with Crippen molar-refractivity contribution in [1.82, 2.24) is 5.32 Å². The molecule has 2 aromatic carbocycles. The van der Waals surface area contributed by atoms with Crippen molar-refractivity contribution < 1.29 is 34.1 Å². The van der Waals surface area contributed by atoms with Crippen molar-refractivity contribution in [3.05, 3.63) is 83.4 Å². The number of amides is 1. The van der Waals surface area contributed by atoms with Gasteiger partial charge >= 0.3 is 11.9 Å². The summed E-state index contributed by atoms with van der Waals surface area (Å²) >= 11 is 0. The number of benzene rings is 2. The van der Waals surface area contributed by atoms with E-state index in [9.17, 15) is 24.6 Å². The molecule has 8 heteroatoms. The highest BCUT2D eigenvalue weighted by Gasteiger charge is 2.53.